The molecule has 4 rings (SSSR count). The normalized spacial score (nSPS) is 16.5. The third kappa shape index (κ3) is 7.60. The third-order valence-electron chi connectivity index (χ3n) is 7.10. The summed E-state index contributed by atoms with van der Waals surface area (Å²) < 4.78 is 75.6. The number of alkyl halides is 5. The Labute approximate surface area is 274 Å². The molecule has 1 aromatic heterocycles. The van der Waals surface area contributed by atoms with Gasteiger partial charge in [-0.3, -0.25) is 20.0 Å². The average molecular weight is 735 g/mol. The van der Waals surface area contributed by atoms with Crippen LogP contribution in [0.1, 0.15) is 52.3 Å². The summed E-state index contributed by atoms with van der Waals surface area (Å²) >= 11 is 9.70. The Kier molecular flexibility index (Phi) is 10.3. The van der Waals surface area contributed by atoms with E-state index in [9.17, 15) is 27.2 Å². The molecule has 17 heteroatoms. The Balaban J connectivity index is 1.81. The number of anilines is 1. The van der Waals surface area contributed by atoms with E-state index >= 15 is 4.39 Å². The molecule has 0 spiro atoms. The average Bonchev–Trinajstić information content (AvgIpc) is 3.53. The van der Waals surface area contributed by atoms with Gasteiger partial charge in [-0.15, -0.1) is 0 Å². The van der Waals surface area contributed by atoms with Gasteiger partial charge in [-0.1, -0.05) is 33.6 Å². The molecule has 0 aliphatic carbocycles. The fraction of sp³-hybridized carbons (Fsp3) is 0.414. The van der Waals surface area contributed by atoms with Crippen LogP contribution in [-0.4, -0.2) is 67.9 Å². The van der Waals surface area contributed by atoms with Crippen molar-refractivity contribution >= 4 is 51.2 Å². The molecule has 2 heterocycles. The highest BCUT2D eigenvalue weighted by Gasteiger charge is 2.49. The zero-order chi connectivity index (χ0) is 34.1. The molecule has 0 saturated carbocycles. The fourth-order valence-electron chi connectivity index (χ4n) is 4.82. The van der Waals surface area contributed by atoms with Crippen LogP contribution in [0, 0.1) is 5.41 Å². The number of guanidine groups is 1. The third-order valence-corrected chi connectivity index (χ3v) is 7.96. The number of nitrogens with zero attached hydrogens (tertiary/aromatic N) is 5. The van der Waals surface area contributed by atoms with Gasteiger partial charge in [0.15, 0.2) is 5.82 Å². The number of alkyl carbamates (subject to hydrolysis) is 1. The van der Waals surface area contributed by atoms with E-state index in [0.29, 0.717) is 14.8 Å². The number of nitrogens with one attached hydrogen (secondary N) is 2. The smallest absolute Gasteiger partial charge is 0.407 e. The molecule has 10 nitrogen and oxygen atoms in total. The van der Waals surface area contributed by atoms with Crippen LogP contribution >= 0.6 is 27.5 Å². The van der Waals surface area contributed by atoms with Crippen LogP contribution in [0.5, 0.6) is 0 Å². The summed E-state index contributed by atoms with van der Waals surface area (Å²) in [6.45, 7) is 0.984. The Bertz CT molecular complexity index is 1600. The van der Waals surface area contributed by atoms with Crippen LogP contribution in [0.2, 0.25) is 5.02 Å². The summed E-state index contributed by atoms with van der Waals surface area (Å²) in [5.74, 6) is -1.45. The lowest BCUT2D eigenvalue weighted by Gasteiger charge is -2.30. The van der Waals surface area contributed by atoms with E-state index in [0.717, 1.165) is 25.1 Å². The Morgan fingerprint density at radius 3 is 2.37 bits per heavy atom. The molecule has 248 valence electrons. The zero-order valence-electron chi connectivity index (χ0n) is 24.9. The van der Waals surface area contributed by atoms with Crippen molar-refractivity contribution in [3.05, 3.63) is 63.9 Å². The second-order valence-electron chi connectivity index (χ2n) is 11.6. The highest BCUT2D eigenvalue weighted by atomic mass is 79.9. The molecule has 1 saturated heterocycles. The maximum Gasteiger partial charge on any atom is 0.407 e. The maximum atomic E-state index is 15.1. The van der Waals surface area contributed by atoms with E-state index in [2.05, 4.69) is 31.3 Å². The molecule has 0 radical (unpaired) electrons. The van der Waals surface area contributed by atoms with Crippen molar-refractivity contribution in [3.8, 4) is 11.4 Å². The van der Waals surface area contributed by atoms with Crippen molar-refractivity contribution in [1.29, 1.82) is 5.41 Å². The fourth-order valence-corrected chi connectivity index (χ4v) is 5.28. The van der Waals surface area contributed by atoms with Gasteiger partial charge < -0.3 is 10.1 Å². The molecule has 46 heavy (non-hydrogen) atoms. The largest absolute Gasteiger partial charge is 0.447 e. The zero-order valence-corrected chi connectivity index (χ0v) is 27.3. The molecule has 3 aromatic rings. The molecule has 2 N–H and O–H groups in total. The van der Waals surface area contributed by atoms with Gasteiger partial charge in [-0.25, -0.2) is 22.9 Å². The molecule has 2 amide bonds. The number of rotatable bonds is 11. The van der Waals surface area contributed by atoms with Crippen LogP contribution in [0.3, 0.4) is 0 Å². The molecular formula is C29H30BrClF5N7O3. The molecule has 1 aliphatic heterocycles. The first kappa shape index (κ1) is 35.1. The number of aromatic nitrogens is 3. The van der Waals surface area contributed by atoms with E-state index in [-0.39, 0.29) is 28.4 Å². The van der Waals surface area contributed by atoms with Crippen molar-refractivity contribution in [2.24, 2.45) is 0 Å². The number of halogens is 7. The molecule has 2 atom stereocenters. The first-order chi connectivity index (χ1) is 21.4. The summed E-state index contributed by atoms with van der Waals surface area (Å²) in [6.07, 6.45) is -3.62. The summed E-state index contributed by atoms with van der Waals surface area (Å²) in [7, 11) is 0. The predicted octanol–water partition coefficient (Wildman–Crippen LogP) is 7.36. The van der Waals surface area contributed by atoms with Crippen LogP contribution in [0.25, 0.3) is 11.4 Å². The van der Waals surface area contributed by atoms with E-state index in [1.54, 1.807) is 24.3 Å². The van der Waals surface area contributed by atoms with Gasteiger partial charge >= 0.3 is 12.6 Å². The van der Waals surface area contributed by atoms with Crippen molar-refractivity contribution < 1.29 is 36.3 Å². The lowest BCUT2D eigenvalue weighted by molar-refractivity contribution is -0.130. The highest BCUT2D eigenvalue weighted by Crippen LogP contribution is 2.38. The summed E-state index contributed by atoms with van der Waals surface area (Å²) in [5, 5.41) is 14.7. The van der Waals surface area contributed by atoms with E-state index in [1.807, 2.05) is 0 Å². The topological polar surface area (TPSA) is 116 Å². The molecule has 1 fully saturated rings. The summed E-state index contributed by atoms with van der Waals surface area (Å²) in [6, 6.07) is 8.12. The minimum atomic E-state index is -3.07. The molecular weight excluding hydrogens is 705 g/mol. The number of benzene rings is 2. The van der Waals surface area contributed by atoms with E-state index in [1.165, 1.54) is 36.9 Å². The minimum absolute atomic E-state index is 0.00823. The number of carbonyl (C=O) groups excluding carboxylic acids is 2. The predicted molar refractivity (Wildman–Crippen MR) is 164 cm³/mol. The number of hydrogen-bond donors (Lipinski definition) is 2. The minimum Gasteiger partial charge on any atom is -0.447 e. The second-order valence-corrected chi connectivity index (χ2v) is 12.9. The molecule has 1 aliphatic rings. The van der Waals surface area contributed by atoms with Crippen LogP contribution in [0.4, 0.5) is 32.4 Å². The van der Waals surface area contributed by atoms with Crippen molar-refractivity contribution in [1.82, 2.24) is 25.0 Å². The summed E-state index contributed by atoms with van der Waals surface area (Å²) in [5.41, 5.74) is -3.31. The van der Waals surface area contributed by atoms with Crippen molar-refractivity contribution in [2.75, 3.05) is 11.5 Å². The Hall–Kier alpha value is -3.79. The van der Waals surface area contributed by atoms with Gasteiger partial charge in [0.25, 0.3) is 12.3 Å². The first-order valence-corrected chi connectivity index (χ1v) is 14.9. The SMILES string of the molecule is CC(C)(F)C[C@H]1C(=O)N([C@H](COC(=O)NC(C)(C)C(F)F)c2ccc(Cl)c(-c3ncnn3C(F)F)c2)C(=N)N1c1ccc(Br)cc1. The van der Waals surface area contributed by atoms with Crippen molar-refractivity contribution in [2.45, 2.75) is 70.4 Å². The van der Waals surface area contributed by atoms with Crippen LogP contribution in [-0.2, 0) is 9.53 Å². The molecule has 0 unspecified atom stereocenters. The molecule has 0 bridgehead atoms. The van der Waals surface area contributed by atoms with Gasteiger partial charge in [-0.2, -0.15) is 18.6 Å². The maximum absolute atomic E-state index is 15.1. The van der Waals surface area contributed by atoms with E-state index < -0.39 is 60.8 Å². The second kappa shape index (κ2) is 13.5. The lowest BCUT2D eigenvalue weighted by atomic mass is 9.98. The van der Waals surface area contributed by atoms with E-state index in [4.69, 9.17) is 21.7 Å². The number of carbonyl (C=O) groups is 2. The van der Waals surface area contributed by atoms with Gasteiger partial charge in [-0.05, 0) is 69.7 Å². The highest BCUT2D eigenvalue weighted by molar-refractivity contribution is 9.10. The standard InChI is InChI=1S/C29H30BrClF5N7O3/c1-28(2,36)12-20-23(44)42(26(37)41(20)17-8-6-16(30)7-9-17)21(13-46-27(45)40-29(3,4)24(32)33)15-5-10-19(31)18(11-15)22-38-14-39-43(22)25(34)35/h5-11,14,20-21,24-25,37H,12-13H2,1-4H3,(H,40,45)/t20-,21+/m0/s1. The lowest BCUT2D eigenvalue weighted by Crippen LogP contribution is -2.49. The van der Waals surface area contributed by atoms with Crippen LogP contribution < -0.4 is 10.2 Å². The van der Waals surface area contributed by atoms with Crippen molar-refractivity contribution in [3.63, 3.8) is 0 Å². The Morgan fingerprint density at radius 1 is 1.13 bits per heavy atom. The summed E-state index contributed by atoms with van der Waals surface area (Å²) in [4.78, 5) is 33.0. The number of ether oxygens (including phenoxy) is 1. The first-order valence-electron chi connectivity index (χ1n) is 13.8. The van der Waals surface area contributed by atoms with Gasteiger partial charge in [0.2, 0.25) is 5.96 Å². The number of amides is 2. The number of hydrogen-bond acceptors (Lipinski definition) is 6. The van der Waals surface area contributed by atoms with Gasteiger partial charge in [0.05, 0.1) is 16.6 Å². The quantitative estimate of drug-likeness (QED) is 0.199. The van der Waals surface area contributed by atoms with Gasteiger partial charge in [0.1, 0.15) is 24.6 Å². The molecule has 2 aromatic carbocycles. The monoisotopic (exact) mass is 733 g/mol. The van der Waals surface area contributed by atoms with Gasteiger partial charge in [0, 0.05) is 22.1 Å². The Morgan fingerprint density at radius 2 is 1.78 bits per heavy atom. The van der Waals surface area contributed by atoms with Crippen LogP contribution in [0.15, 0.2) is 53.3 Å².